The van der Waals surface area contributed by atoms with Crippen molar-refractivity contribution in [2.75, 3.05) is 33.2 Å². The molecule has 0 amide bonds. The minimum absolute atomic E-state index is 0.00433. The Morgan fingerprint density at radius 1 is 0.863 bits per heavy atom. The van der Waals surface area contributed by atoms with Crippen LogP contribution in [-0.2, 0) is 17.7 Å². The van der Waals surface area contributed by atoms with Crippen molar-refractivity contribution < 1.29 is 36.9 Å². The van der Waals surface area contributed by atoms with Gasteiger partial charge in [0.2, 0.25) is 0 Å². The van der Waals surface area contributed by atoms with Crippen LogP contribution in [0, 0.1) is 5.92 Å². The zero-order chi connectivity index (χ0) is 36.1. The van der Waals surface area contributed by atoms with Crippen LogP contribution < -0.4 is 25.4 Å². The maximum absolute atomic E-state index is 13.8. The molecule has 0 bridgehead atoms. The smallest absolute Gasteiger partial charge is 0.493 e. The van der Waals surface area contributed by atoms with Gasteiger partial charge in [0, 0.05) is 61.5 Å². The number of anilines is 1. The minimum Gasteiger partial charge on any atom is -0.493 e. The monoisotopic (exact) mass is 699 g/mol. The number of Topliss-reactive ketones (excluding diaryl/α,β-unsaturated/α-hetero) is 1. The van der Waals surface area contributed by atoms with Gasteiger partial charge in [0.1, 0.15) is 11.6 Å². The number of ether oxygens (including phenoxy) is 4. The average Bonchev–Trinajstić information content (AvgIpc) is 3.12. The highest BCUT2D eigenvalue weighted by atomic mass is 19.4. The largest absolute Gasteiger partial charge is 0.573 e. The van der Waals surface area contributed by atoms with Crippen molar-refractivity contribution in [1.29, 1.82) is 0 Å². The molecular formula is C39H36F3N3O6. The molecule has 2 N–H and O–H groups in total. The molecule has 0 radical (unpaired) electrons. The summed E-state index contributed by atoms with van der Waals surface area (Å²) in [6, 6.07) is 19.9. The number of rotatable bonds is 11. The molecular weight excluding hydrogens is 663 g/mol. The number of carbonyl (C=O) groups excluding carboxylic acids is 1. The normalized spacial score (nSPS) is 13.5. The fourth-order valence-electron chi connectivity index (χ4n) is 6.17. The molecule has 12 heteroatoms. The summed E-state index contributed by atoms with van der Waals surface area (Å²) in [6.07, 6.45) is 1.68. The molecule has 3 aromatic carbocycles. The predicted molar refractivity (Wildman–Crippen MR) is 187 cm³/mol. The first kappa shape index (κ1) is 35.2. The summed E-state index contributed by atoms with van der Waals surface area (Å²) >= 11 is 0. The Morgan fingerprint density at radius 2 is 1.51 bits per heavy atom. The second-order valence-corrected chi connectivity index (χ2v) is 12.3. The van der Waals surface area contributed by atoms with E-state index in [1.807, 2.05) is 41.0 Å². The van der Waals surface area contributed by atoms with Gasteiger partial charge < -0.3 is 29.2 Å². The highest BCUT2D eigenvalue weighted by Crippen LogP contribution is 2.35. The molecule has 0 aliphatic carbocycles. The zero-order valence-corrected chi connectivity index (χ0v) is 28.0. The summed E-state index contributed by atoms with van der Waals surface area (Å²) < 4.78 is 60.3. The Bertz CT molecular complexity index is 2070. The van der Waals surface area contributed by atoms with E-state index in [0.717, 1.165) is 41.7 Å². The van der Waals surface area contributed by atoms with Crippen LogP contribution >= 0.6 is 0 Å². The highest BCUT2D eigenvalue weighted by Gasteiger charge is 2.31. The standard InChI is InChI=1S/C39H36F3N3O6/c1-48-35-12-9-28(19-36(35)49-2)29-18-31(38(43)44-20-29)26-5-3-24(4-6-26)17-34(46)33-23-45(21-25-13-15-50-16-14-25)22-32(37(33)47)27-7-10-30(11-8-27)51-39(40,41)42/h3-12,18-20,22-23,25H,13-17,21H2,1-2H3,(H2,43,44). The van der Waals surface area contributed by atoms with Gasteiger partial charge in [0.05, 0.1) is 19.8 Å². The molecule has 264 valence electrons. The summed E-state index contributed by atoms with van der Waals surface area (Å²) in [5.41, 5.74) is 10.2. The van der Waals surface area contributed by atoms with Crippen LogP contribution in [0.1, 0.15) is 28.8 Å². The van der Waals surface area contributed by atoms with Crippen molar-refractivity contribution in [2.45, 2.75) is 32.2 Å². The topological polar surface area (TPSA) is 115 Å². The molecule has 2 aromatic heterocycles. The van der Waals surface area contributed by atoms with Gasteiger partial charge in [0.25, 0.3) is 0 Å². The van der Waals surface area contributed by atoms with E-state index in [2.05, 4.69) is 9.72 Å². The van der Waals surface area contributed by atoms with E-state index in [-0.39, 0.29) is 29.2 Å². The van der Waals surface area contributed by atoms with Crippen LogP contribution in [0.25, 0.3) is 33.4 Å². The van der Waals surface area contributed by atoms with Gasteiger partial charge in [-0.3, -0.25) is 9.59 Å². The number of hydrogen-bond donors (Lipinski definition) is 1. The number of pyridine rings is 2. The lowest BCUT2D eigenvalue weighted by atomic mass is 9.96. The van der Waals surface area contributed by atoms with E-state index in [0.29, 0.717) is 53.8 Å². The van der Waals surface area contributed by atoms with Crippen molar-refractivity contribution in [3.63, 3.8) is 0 Å². The van der Waals surface area contributed by atoms with Crippen molar-refractivity contribution in [3.8, 4) is 50.6 Å². The number of benzene rings is 3. The lowest BCUT2D eigenvalue weighted by molar-refractivity contribution is -0.274. The van der Waals surface area contributed by atoms with Crippen molar-refractivity contribution in [3.05, 3.63) is 113 Å². The summed E-state index contributed by atoms with van der Waals surface area (Å²) in [5.74, 6) is 1.01. The Hall–Kier alpha value is -5.62. The summed E-state index contributed by atoms with van der Waals surface area (Å²) in [7, 11) is 3.14. The maximum atomic E-state index is 13.8. The van der Waals surface area contributed by atoms with E-state index in [1.165, 1.54) is 12.1 Å². The second kappa shape index (κ2) is 15.1. The molecule has 5 aromatic rings. The molecule has 1 aliphatic heterocycles. The number of halogens is 3. The Kier molecular flexibility index (Phi) is 10.4. The number of aromatic nitrogens is 2. The highest BCUT2D eigenvalue weighted by molar-refractivity contribution is 5.98. The van der Waals surface area contributed by atoms with Crippen LogP contribution in [-0.4, -0.2) is 49.1 Å². The number of nitrogen functional groups attached to an aromatic ring is 1. The number of nitrogens with two attached hydrogens (primary N) is 1. The van der Waals surface area contributed by atoms with Gasteiger partial charge in [-0.05, 0) is 71.3 Å². The van der Waals surface area contributed by atoms with Gasteiger partial charge in [-0.1, -0.05) is 42.5 Å². The van der Waals surface area contributed by atoms with Crippen LogP contribution in [0.2, 0.25) is 0 Å². The molecule has 51 heavy (non-hydrogen) atoms. The van der Waals surface area contributed by atoms with Gasteiger partial charge in [-0.15, -0.1) is 13.2 Å². The summed E-state index contributed by atoms with van der Waals surface area (Å²) in [6.45, 7) is 1.81. The quantitative estimate of drug-likeness (QED) is 0.140. The number of nitrogens with zero attached hydrogens (tertiary/aromatic N) is 2. The Labute approximate surface area is 292 Å². The Balaban J connectivity index is 1.26. The van der Waals surface area contributed by atoms with E-state index in [4.69, 9.17) is 19.9 Å². The first-order chi connectivity index (χ1) is 24.5. The summed E-state index contributed by atoms with van der Waals surface area (Å²) in [5, 5.41) is 0. The van der Waals surface area contributed by atoms with Gasteiger partial charge >= 0.3 is 6.36 Å². The van der Waals surface area contributed by atoms with Crippen LogP contribution in [0.15, 0.2) is 96.2 Å². The third-order valence-electron chi connectivity index (χ3n) is 8.85. The first-order valence-electron chi connectivity index (χ1n) is 16.3. The number of methoxy groups -OCH3 is 2. The van der Waals surface area contributed by atoms with Crippen molar-refractivity contribution in [1.82, 2.24) is 9.55 Å². The molecule has 6 rings (SSSR count). The third-order valence-corrected chi connectivity index (χ3v) is 8.85. The molecule has 0 spiro atoms. The van der Waals surface area contributed by atoms with Crippen molar-refractivity contribution in [2.24, 2.45) is 5.92 Å². The molecule has 0 atom stereocenters. The van der Waals surface area contributed by atoms with Crippen LogP contribution in [0.4, 0.5) is 19.0 Å². The number of alkyl halides is 3. The molecule has 1 saturated heterocycles. The number of ketones is 1. The van der Waals surface area contributed by atoms with E-state index in [1.54, 1.807) is 44.9 Å². The number of carbonyl (C=O) groups is 1. The number of hydrogen-bond acceptors (Lipinski definition) is 8. The molecule has 1 fully saturated rings. The van der Waals surface area contributed by atoms with E-state index < -0.39 is 17.5 Å². The first-order valence-corrected chi connectivity index (χ1v) is 16.3. The molecule has 9 nitrogen and oxygen atoms in total. The van der Waals surface area contributed by atoms with Crippen LogP contribution in [0.3, 0.4) is 0 Å². The SMILES string of the molecule is COc1ccc(-c2cnc(N)c(-c3ccc(CC(=O)c4cn(CC5CCOCC5)cc(-c5ccc(OC(F)(F)F)cc5)c4=O)cc3)c2)cc1OC. The zero-order valence-electron chi connectivity index (χ0n) is 28.0. The van der Waals surface area contributed by atoms with E-state index >= 15 is 0 Å². The van der Waals surface area contributed by atoms with Gasteiger partial charge in [-0.2, -0.15) is 0 Å². The van der Waals surface area contributed by atoms with Gasteiger partial charge in [-0.25, -0.2) is 4.98 Å². The van der Waals surface area contributed by atoms with Crippen molar-refractivity contribution >= 4 is 11.6 Å². The third kappa shape index (κ3) is 8.41. The lowest BCUT2D eigenvalue weighted by Gasteiger charge is -2.23. The fraction of sp³-hybridized carbons (Fsp3) is 0.256. The average molecular weight is 700 g/mol. The predicted octanol–water partition coefficient (Wildman–Crippen LogP) is 7.59. The Morgan fingerprint density at radius 3 is 2.18 bits per heavy atom. The molecule has 1 aliphatic rings. The molecule has 0 unspecified atom stereocenters. The van der Waals surface area contributed by atoms with E-state index in [9.17, 15) is 22.8 Å². The minimum atomic E-state index is -4.85. The maximum Gasteiger partial charge on any atom is 0.573 e. The lowest BCUT2D eigenvalue weighted by Crippen LogP contribution is -2.25. The second-order valence-electron chi connectivity index (χ2n) is 12.3. The summed E-state index contributed by atoms with van der Waals surface area (Å²) in [4.78, 5) is 31.9. The fourth-order valence-corrected chi connectivity index (χ4v) is 6.17. The molecule has 3 heterocycles. The van der Waals surface area contributed by atoms with Crippen LogP contribution in [0.5, 0.6) is 17.2 Å². The van der Waals surface area contributed by atoms with Gasteiger partial charge in [0.15, 0.2) is 22.7 Å². The molecule has 0 saturated carbocycles.